The van der Waals surface area contributed by atoms with Gasteiger partial charge in [-0.15, -0.1) is 0 Å². The molecule has 0 saturated carbocycles. The normalized spacial score (nSPS) is 24.0. The van der Waals surface area contributed by atoms with Gasteiger partial charge in [-0.05, 0) is 76.4 Å². The molecule has 4 rings (SSSR count). The number of pyridine rings is 1. The molecule has 1 spiro atoms. The van der Waals surface area contributed by atoms with E-state index in [2.05, 4.69) is 9.88 Å². The van der Waals surface area contributed by atoms with E-state index < -0.39 is 17.6 Å². The monoisotopic (exact) mass is 509 g/mol. The van der Waals surface area contributed by atoms with Gasteiger partial charge in [0.1, 0.15) is 12.7 Å². The fourth-order valence-corrected chi connectivity index (χ4v) is 5.36. The van der Waals surface area contributed by atoms with Crippen LogP contribution in [0.4, 0.5) is 0 Å². The van der Waals surface area contributed by atoms with E-state index in [-0.39, 0.29) is 24.9 Å². The summed E-state index contributed by atoms with van der Waals surface area (Å²) in [4.78, 5) is 35.0. The van der Waals surface area contributed by atoms with E-state index in [1.807, 2.05) is 49.4 Å². The zero-order valence-electron chi connectivity index (χ0n) is 21.7. The smallest absolute Gasteiger partial charge is 0.312 e. The second-order valence-corrected chi connectivity index (χ2v) is 10.5. The molecule has 2 aromatic rings. The van der Waals surface area contributed by atoms with Crippen molar-refractivity contribution in [2.45, 2.75) is 64.2 Å². The van der Waals surface area contributed by atoms with Crippen LogP contribution in [0.25, 0.3) is 0 Å². The number of cyclic esters (lactones) is 1. The van der Waals surface area contributed by atoms with Crippen molar-refractivity contribution in [2.75, 3.05) is 32.8 Å². The van der Waals surface area contributed by atoms with Crippen LogP contribution in [-0.2, 0) is 16.1 Å². The summed E-state index contributed by atoms with van der Waals surface area (Å²) in [6.07, 6.45) is 3.28. The molecular weight excluding hydrogens is 470 g/mol. The maximum atomic E-state index is 13.3. The van der Waals surface area contributed by atoms with Gasteiger partial charge in [-0.2, -0.15) is 0 Å². The Morgan fingerprint density at radius 2 is 1.84 bits per heavy atom. The molecule has 1 aromatic carbocycles. The zero-order chi connectivity index (χ0) is 26.3. The first kappa shape index (κ1) is 27.2. The molecule has 1 aromatic heterocycles. The number of esters is 1. The summed E-state index contributed by atoms with van der Waals surface area (Å²) in [6, 6.07) is 13.4. The standard InChI is InChI=1S/C29H39N3O5/c1-22-7-6-8-23(19-22)27(35)32-15-5-3-11-29(28(36)37-21-26(34)25(33)10-16-32)12-17-31(18-13-29)20-24-9-2-4-14-30-24/h2,4,6-9,14,19,25-26,33-34H,3,5,10-13,15-18,20-21H2,1H3/t25-,26+/m0/s1. The number of aromatic nitrogens is 1. The first-order valence-electron chi connectivity index (χ1n) is 13.4. The van der Waals surface area contributed by atoms with Crippen LogP contribution in [0.1, 0.15) is 60.1 Å². The van der Waals surface area contributed by atoms with Crippen LogP contribution < -0.4 is 0 Å². The number of amides is 1. The van der Waals surface area contributed by atoms with E-state index in [1.54, 1.807) is 11.1 Å². The average molecular weight is 510 g/mol. The van der Waals surface area contributed by atoms with Gasteiger partial charge < -0.3 is 19.8 Å². The van der Waals surface area contributed by atoms with Crippen molar-refractivity contribution >= 4 is 11.9 Å². The maximum absolute atomic E-state index is 13.3. The van der Waals surface area contributed by atoms with E-state index in [9.17, 15) is 19.8 Å². The number of carbonyl (C=O) groups excluding carboxylic acids is 2. The van der Waals surface area contributed by atoms with Crippen LogP contribution in [0.3, 0.4) is 0 Å². The Morgan fingerprint density at radius 3 is 2.57 bits per heavy atom. The average Bonchev–Trinajstić information content (AvgIpc) is 2.92. The minimum Gasteiger partial charge on any atom is -0.462 e. The molecule has 2 atom stereocenters. The Bertz CT molecular complexity index is 1040. The lowest BCUT2D eigenvalue weighted by Crippen LogP contribution is -2.46. The third-order valence-corrected chi connectivity index (χ3v) is 7.77. The molecule has 3 heterocycles. The van der Waals surface area contributed by atoms with Crippen LogP contribution in [0.5, 0.6) is 0 Å². The number of ether oxygens (including phenoxy) is 1. The molecular formula is C29H39N3O5. The van der Waals surface area contributed by atoms with Gasteiger partial charge in [0, 0.05) is 31.4 Å². The Hall–Kier alpha value is -2.81. The summed E-state index contributed by atoms with van der Waals surface area (Å²) in [5.74, 6) is -0.367. The molecule has 2 aliphatic rings. The zero-order valence-corrected chi connectivity index (χ0v) is 21.7. The number of likely N-dealkylation sites (tertiary alicyclic amines) is 1. The van der Waals surface area contributed by atoms with Gasteiger partial charge in [0.15, 0.2) is 0 Å². The van der Waals surface area contributed by atoms with E-state index in [4.69, 9.17) is 4.74 Å². The van der Waals surface area contributed by atoms with Gasteiger partial charge in [-0.3, -0.25) is 19.5 Å². The van der Waals surface area contributed by atoms with Crippen molar-refractivity contribution in [3.05, 3.63) is 65.5 Å². The Labute approximate surface area is 219 Å². The summed E-state index contributed by atoms with van der Waals surface area (Å²) in [7, 11) is 0. The van der Waals surface area contributed by atoms with E-state index in [0.717, 1.165) is 43.7 Å². The highest BCUT2D eigenvalue weighted by Gasteiger charge is 2.42. The summed E-state index contributed by atoms with van der Waals surface area (Å²) >= 11 is 0. The molecule has 0 unspecified atom stereocenters. The van der Waals surface area contributed by atoms with Crippen molar-refractivity contribution in [1.82, 2.24) is 14.8 Å². The molecule has 8 heteroatoms. The van der Waals surface area contributed by atoms with E-state index in [1.165, 1.54) is 0 Å². The second kappa shape index (κ2) is 12.6. The number of aliphatic hydroxyl groups is 2. The summed E-state index contributed by atoms with van der Waals surface area (Å²) in [6.45, 7) is 4.83. The van der Waals surface area contributed by atoms with Crippen LogP contribution in [0.2, 0.25) is 0 Å². The fourth-order valence-electron chi connectivity index (χ4n) is 5.36. The highest BCUT2D eigenvalue weighted by molar-refractivity contribution is 5.94. The predicted octanol–water partition coefficient (Wildman–Crippen LogP) is 2.95. The molecule has 2 fully saturated rings. The Kier molecular flexibility index (Phi) is 9.29. The van der Waals surface area contributed by atoms with E-state index in [0.29, 0.717) is 37.9 Å². The number of carbonyl (C=O) groups is 2. The highest BCUT2D eigenvalue weighted by Crippen LogP contribution is 2.38. The molecule has 8 nitrogen and oxygen atoms in total. The molecule has 2 aliphatic heterocycles. The van der Waals surface area contributed by atoms with Crippen LogP contribution in [0.15, 0.2) is 48.7 Å². The number of nitrogens with zero attached hydrogens (tertiary/aromatic N) is 3. The molecule has 200 valence electrons. The number of aryl methyl sites for hydroxylation is 1. The quantitative estimate of drug-likeness (QED) is 0.613. The largest absolute Gasteiger partial charge is 0.462 e. The molecule has 0 bridgehead atoms. The molecule has 2 N–H and O–H groups in total. The predicted molar refractivity (Wildman–Crippen MR) is 140 cm³/mol. The van der Waals surface area contributed by atoms with Crippen molar-refractivity contribution in [3.63, 3.8) is 0 Å². The van der Waals surface area contributed by atoms with Gasteiger partial charge in [-0.1, -0.05) is 30.2 Å². The number of benzene rings is 1. The van der Waals surface area contributed by atoms with Crippen molar-refractivity contribution in [3.8, 4) is 0 Å². The Morgan fingerprint density at radius 1 is 1.03 bits per heavy atom. The van der Waals surface area contributed by atoms with Gasteiger partial charge in [0.2, 0.25) is 0 Å². The van der Waals surface area contributed by atoms with Gasteiger partial charge in [-0.25, -0.2) is 0 Å². The molecule has 2 saturated heterocycles. The number of hydrogen-bond donors (Lipinski definition) is 2. The molecule has 37 heavy (non-hydrogen) atoms. The van der Waals surface area contributed by atoms with Gasteiger partial charge in [0.25, 0.3) is 5.91 Å². The summed E-state index contributed by atoms with van der Waals surface area (Å²) in [5, 5.41) is 21.0. The minimum absolute atomic E-state index is 0.0786. The fraction of sp³-hybridized carbons (Fsp3) is 0.552. The SMILES string of the molecule is Cc1cccc(C(=O)N2CCCCC3(CCN(Cc4ccccn4)CC3)C(=O)OC[C@@H](O)[C@@H](O)CC2)c1. The van der Waals surface area contributed by atoms with E-state index >= 15 is 0 Å². The van der Waals surface area contributed by atoms with Crippen LogP contribution in [0, 0.1) is 12.3 Å². The van der Waals surface area contributed by atoms with Gasteiger partial charge >= 0.3 is 5.97 Å². The Balaban J connectivity index is 1.43. The summed E-state index contributed by atoms with van der Waals surface area (Å²) < 4.78 is 5.58. The first-order chi connectivity index (χ1) is 17.9. The number of rotatable bonds is 3. The van der Waals surface area contributed by atoms with Crippen molar-refractivity contribution in [1.29, 1.82) is 0 Å². The third-order valence-electron chi connectivity index (χ3n) is 7.77. The van der Waals surface area contributed by atoms with Crippen LogP contribution in [-0.4, -0.2) is 81.9 Å². The first-order valence-corrected chi connectivity index (χ1v) is 13.4. The molecule has 0 radical (unpaired) electrons. The van der Waals surface area contributed by atoms with Crippen LogP contribution >= 0.6 is 0 Å². The lowest BCUT2D eigenvalue weighted by molar-refractivity contribution is -0.165. The van der Waals surface area contributed by atoms with Crippen molar-refractivity contribution < 1.29 is 24.5 Å². The maximum Gasteiger partial charge on any atom is 0.312 e. The number of aliphatic hydroxyl groups excluding tert-OH is 2. The number of hydrogen-bond acceptors (Lipinski definition) is 7. The summed E-state index contributed by atoms with van der Waals surface area (Å²) in [5.41, 5.74) is 2.02. The molecule has 1 amide bonds. The minimum atomic E-state index is -1.19. The highest BCUT2D eigenvalue weighted by atomic mass is 16.5. The lowest BCUT2D eigenvalue weighted by Gasteiger charge is -2.40. The topological polar surface area (TPSA) is 103 Å². The van der Waals surface area contributed by atoms with Crippen molar-refractivity contribution in [2.24, 2.45) is 5.41 Å². The second-order valence-electron chi connectivity index (χ2n) is 10.5. The third kappa shape index (κ3) is 7.15. The number of piperidine rings is 1. The van der Waals surface area contributed by atoms with Gasteiger partial charge in [0.05, 0.1) is 17.2 Å². The lowest BCUT2D eigenvalue weighted by atomic mass is 9.74. The molecule has 0 aliphatic carbocycles.